The average Bonchev–Trinajstić information content (AvgIpc) is 3.50. The molecular weight excluding hydrogens is 404 g/mol. The maximum atomic E-state index is 7.77. The van der Waals surface area contributed by atoms with E-state index in [1.54, 1.807) is 5.56 Å². The van der Waals surface area contributed by atoms with Crippen molar-refractivity contribution in [1.82, 2.24) is 0 Å². The molecule has 0 aliphatic heterocycles. The second-order valence-electron chi connectivity index (χ2n) is 11.3. The van der Waals surface area contributed by atoms with E-state index in [9.17, 15) is 0 Å². The van der Waals surface area contributed by atoms with Crippen molar-refractivity contribution in [2.24, 2.45) is 17.8 Å². The van der Waals surface area contributed by atoms with Gasteiger partial charge in [-0.05, 0) is 69.5 Å². The molecule has 0 spiro atoms. The molecule has 2 fully saturated rings. The summed E-state index contributed by atoms with van der Waals surface area (Å²) >= 11 is 0. The molecule has 1 nitrogen and oxygen atoms in total. The van der Waals surface area contributed by atoms with Gasteiger partial charge in [-0.1, -0.05) is 106 Å². The maximum Gasteiger partial charge on any atom is 0.261 e. The lowest BCUT2D eigenvalue weighted by atomic mass is 9.79. The molecule has 3 aliphatic rings. The Kier molecular flexibility index (Phi) is 4.75. The molecule has 3 aromatic carbocycles. The van der Waals surface area contributed by atoms with E-state index in [1.807, 2.05) is 0 Å². The smallest absolute Gasteiger partial charge is 0.261 e. The van der Waals surface area contributed by atoms with Crippen molar-refractivity contribution in [2.45, 2.75) is 57.1 Å². The third-order valence-corrected chi connectivity index (χ3v) is 13.7. The van der Waals surface area contributed by atoms with Crippen molar-refractivity contribution in [1.29, 1.82) is 0 Å². The van der Waals surface area contributed by atoms with Crippen LogP contribution in [0.3, 0.4) is 0 Å². The standard InChI is InChI=1S/C30H34OSi/c1-30(2,3)32(23-12-6-4-7-13-23,24-14-8-5-9-15-24)31-29-26-17-11-10-16-25(26)27-21-18-19-22(20-21)28(27)29/h4-17,21-22,27-29H,18-20H2,1-3H3/t21-,22?,27?,28+,29-/m0/s1. The van der Waals surface area contributed by atoms with Gasteiger partial charge in [0.2, 0.25) is 0 Å². The molecule has 0 saturated heterocycles. The van der Waals surface area contributed by atoms with Crippen LogP contribution in [0.1, 0.15) is 63.2 Å². The van der Waals surface area contributed by atoms with Crippen molar-refractivity contribution < 1.29 is 4.43 Å². The lowest BCUT2D eigenvalue weighted by molar-refractivity contribution is 0.0931. The molecule has 2 unspecified atom stereocenters. The first-order valence-corrected chi connectivity index (χ1v) is 14.3. The molecule has 0 aromatic heterocycles. The zero-order valence-electron chi connectivity index (χ0n) is 19.5. The fourth-order valence-electron chi connectivity index (χ4n) is 7.54. The van der Waals surface area contributed by atoms with Gasteiger partial charge in [0.15, 0.2) is 0 Å². The highest BCUT2D eigenvalue weighted by molar-refractivity contribution is 6.99. The Morgan fingerprint density at radius 2 is 1.22 bits per heavy atom. The minimum absolute atomic E-state index is 0.0142. The monoisotopic (exact) mass is 438 g/mol. The van der Waals surface area contributed by atoms with Gasteiger partial charge in [-0.25, -0.2) is 0 Å². The number of hydrogen-bond acceptors (Lipinski definition) is 1. The fraction of sp³-hybridized carbons (Fsp3) is 0.400. The molecule has 0 amide bonds. The molecule has 2 heteroatoms. The second kappa shape index (κ2) is 7.43. The predicted octanol–water partition coefficient (Wildman–Crippen LogP) is 6.45. The van der Waals surface area contributed by atoms with E-state index >= 15 is 0 Å². The summed E-state index contributed by atoms with van der Waals surface area (Å²) in [6.07, 6.45) is 4.41. The van der Waals surface area contributed by atoms with Crippen LogP contribution < -0.4 is 10.4 Å². The van der Waals surface area contributed by atoms with Crippen molar-refractivity contribution in [3.63, 3.8) is 0 Å². The van der Waals surface area contributed by atoms with Crippen LogP contribution >= 0.6 is 0 Å². The van der Waals surface area contributed by atoms with E-state index in [-0.39, 0.29) is 11.1 Å². The molecule has 0 N–H and O–H groups in total. The van der Waals surface area contributed by atoms with Gasteiger partial charge in [0.1, 0.15) is 0 Å². The van der Waals surface area contributed by atoms with Crippen LogP contribution in [0.15, 0.2) is 84.9 Å². The highest BCUT2D eigenvalue weighted by atomic mass is 28.4. The lowest BCUT2D eigenvalue weighted by Crippen LogP contribution is -2.67. The van der Waals surface area contributed by atoms with Crippen molar-refractivity contribution in [3.05, 3.63) is 96.1 Å². The minimum Gasteiger partial charge on any atom is -0.400 e. The Morgan fingerprint density at radius 3 is 1.81 bits per heavy atom. The fourth-order valence-corrected chi connectivity index (χ4v) is 12.2. The molecule has 2 saturated carbocycles. The predicted molar refractivity (Wildman–Crippen MR) is 135 cm³/mol. The molecule has 0 radical (unpaired) electrons. The molecular formula is C30H34OSi. The van der Waals surface area contributed by atoms with Crippen molar-refractivity contribution in [2.75, 3.05) is 0 Å². The molecule has 32 heavy (non-hydrogen) atoms. The van der Waals surface area contributed by atoms with Gasteiger partial charge >= 0.3 is 0 Å². The first kappa shape index (κ1) is 20.4. The van der Waals surface area contributed by atoms with Gasteiger partial charge in [-0.2, -0.15) is 0 Å². The van der Waals surface area contributed by atoms with Gasteiger partial charge in [0.25, 0.3) is 8.32 Å². The molecule has 6 rings (SSSR count). The third kappa shape index (κ3) is 2.85. The van der Waals surface area contributed by atoms with Gasteiger partial charge < -0.3 is 4.43 Å². The molecule has 164 valence electrons. The molecule has 2 bridgehead atoms. The topological polar surface area (TPSA) is 9.23 Å². The van der Waals surface area contributed by atoms with Crippen LogP contribution in [-0.4, -0.2) is 8.32 Å². The molecule has 0 heterocycles. The molecule has 3 aliphatic carbocycles. The summed E-state index contributed by atoms with van der Waals surface area (Å²) in [6.45, 7) is 7.20. The third-order valence-electron chi connectivity index (χ3n) is 8.71. The van der Waals surface area contributed by atoms with E-state index in [0.717, 1.165) is 11.8 Å². The van der Waals surface area contributed by atoms with E-state index in [2.05, 4.69) is 106 Å². The summed E-state index contributed by atoms with van der Waals surface area (Å²) < 4.78 is 7.77. The van der Waals surface area contributed by atoms with E-state index in [4.69, 9.17) is 4.43 Å². The summed E-state index contributed by atoms with van der Waals surface area (Å²) in [5.74, 6) is 3.03. The van der Waals surface area contributed by atoms with Crippen LogP contribution in [0.2, 0.25) is 5.04 Å². The quantitative estimate of drug-likeness (QED) is 0.426. The lowest BCUT2D eigenvalue weighted by Gasteiger charge is -2.46. The molecule has 5 atom stereocenters. The summed E-state index contributed by atoms with van der Waals surface area (Å²) in [7, 11) is -2.57. The Morgan fingerprint density at radius 1 is 0.688 bits per heavy atom. The van der Waals surface area contributed by atoms with E-state index in [1.165, 1.54) is 35.2 Å². The minimum atomic E-state index is -2.57. The SMILES string of the molecule is CC(C)(C)[Si](O[C@H]1c2ccccc2C2[C@H]3CCC(C3)[C@H]21)(c1ccccc1)c1ccccc1. The van der Waals surface area contributed by atoms with Crippen LogP contribution in [0.4, 0.5) is 0 Å². The normalized spacial score (nSPS) is 28.5. The van der Waals surface area contributed by atoms with Crippen molar-refractivity contribution >= 4 is 18.7 Å². The number of benzene rings is 3. The average molecular weight is 439 g/mol. The Hall–Kier alpha value is -2.16. The van der Waals surface area contributed by atoms with Crippen LogP contribution in [0.25, 0.3) is 0 Å². The van der Waals surface area contributed by atoms with Gasteiger partial charge in [0, 0.05) is 0 Å². The summed E-state index contributed by atoms with van der Waals surface area (Å²) in [6, 6.07) is 31.6. The van der Waals surface area contributed by atoms with Crippen molar-refractivity contribution in [3.8, 4) is 0 Å². The van der Waals surface area contributed by atoms with Crippen LogP contribution in [0, 0.1) is 17.8 Å². The Balaban J connectivity index is 1.55. The van der Waals surface area contributed by atoms with E-state index in [0.29, 0.717) is 11.8 Å². The summed E-state index contributed by atoms with van der Waals surface area (Å²) in [5, 5.41) is 2.80. The largest absolute Gasteiger partial charge is 0.400 e. The second-order valence-corrected chi connectivity index (χ2v) is 15.5. The number of hydrogen-bond donors (Lipinski definition) is 0. The highest BCUT2D eigenvalue weighted by Gasteiger charge is 2.60. The zero-order chi connectivity index (χ0) is 21.9. The molecule has 3 aromatic rings. The number of fused-ring (bicyclic) bond motifs is 7. The highest BCUT2D eigenvalue weighted by Crippen LogP contribution is 2.66. The summed E-state index contributed by atoms with van der Waals surface area (Å²) in [4.78, 5) is 0. The van der Waals surface area contributed by atoms with E-state index < -0.39 is 8.32 Å². The maximum absolute atomic E-state index is 7.77. The first-order chi connectivity index (χ1) is 15.5. The summed E-state index contributed by atoms with van der Waals surface area (Å²) in [5.41, 5.74) is 3.07. The van der Waals surface area contributed by atoms with Gasteiger partial charge in [0.05, 0.1) is 6.10 Å². The Bertz CT molecular complexity index is 1060. The van der Waals surface area contributed by atoms with Crippen LogP contribution in [0.5, 0.6) is 0 Å². The first-order valence-electron chi connectivity index (χ1n) is 12.4. The Labute approximate surface area is 194 Å². The zero-order valence-corrected chi connectivity index (χ0v) is 20.5. The van der Waals surface area contributed by atoms with Crippen LogP contribution in [-0.2, 0) is 4.43 Å². The van der Waals surface area contributed by atoms with Gasteiger partial charge in [-0.3, -0.25) is 0 Å². The number of rotatable bonds is 4. The van der Waals surface area contributed by atoms with Gasteiger partial charge in [-0.15, -0.1) is 0 Å².